The minimum Gasteiger partial charge on any atom is -0.382 e. The Bertz CT molecular complexity index is 518. The number of carbonyl (C=O) groups excluding carboxylic acids is 1. The van der Waals surface area contributed by atoms with Crippen LogP contribution in [0.5, 0.6) is 0 Å². The molecule has 21 heavy (non-hydrogen) atoms. The van der Waals surface area contributed by atoms with Crippen LogP contribution in [0.3, 0.4) is 0 Å². The fourth-order valence-corrected chi connectivity index (χ4v) is 3.58. The van der Waals surface area contributed by atoms with E-state index in [9.17, 15) is 4.79 Å². The van der Waals surface area contributed by atoms with Crippen molar-refractivity contribution in [1.29, 1.82) is 0 Å². The minimum absolute atomic E-state index is 0.0232. The number of hydrogen-bond donors (Lipinski definition) is 2. The summed E-state index contributed by atoms with van der Waals surface area (Å²) in [5, 5.41) is 3.98. The normalized spacial score (nSPS) is 19.3. The maximum Gasteiger partial charge on any atom is 0.267 e. The average Bonchev–Trinajstić information content (AvgIpc) is 2.93. The number of likely N-dealkylation sites (tertiary alicyclic amines) is 1. The fraction of sp³-hybridized carbons (Fsp3) is 0.733. The molecule has 1 aliphatic heterocycles. The number of nitrogens with one attached hydrogen (secondary N) is 1. The van der Waals surface area contributed by atoms with E-state index in [2.05, 4.69) is 44.9 Å². The highest BCUT2D eigenvalue weighted by molar-refractivity contribution is 7.18. The molecular weight excluding hydrogens is 284 g/mol. The van der Waals surface area contributed by atoms with E-state index in [-0.39, 0.29) is 11.4 Å². The van der Waals surface area contributed by atoms with Crippen LogP contribution in [0.25, 0.3) is 0 Å². The number of anilines is 2. The number of hydrogen-bond acceptors (Lipinski definition) is 5. The second kappa shape index (κ2) is 5.83. The topological polar surface area (TPSA) is 71.2 Å². The van der Waals surface area contributed by atoms with Gasteiger partial charge < -0.3 is 16.0 Å². The molecular formula is C15H26N4OS. The third-order valence-electron chi connectivity index (χ3n) is 3.78. The molecule has 2 heterocycles. The van der Waals surface area contributed by atoms with E-state index in [1.165, 1.54) is 11.3 Å². The highest BCUT2D eigenvalue weighted by Gasteiger charge is 2.31. The van der Waals surface area contributed by atoms with Crippen molar-refractivity contribution in [3.05, 3.63) is 4.88 Å². The Kier molecular flexibility index (Phi) is 4.46. The number of nitrogens with zero attached hydrogens (tertiary/aromatic N) is 2. The molecule has 6 heteroatoms. The van der Waals surface area contributed by atoms with Crippen molar-refractivity contribution >= 4 is 28.2 Å². The Labute approximate surface area is 130 Å². The summed E-state index contributed by atoms with van der Waals surface area (Å²) in [4.78, 5) is 19.4. The fourth-order valence-electron chi connectivity index (χ4n) is 2.52. The standard InChI is InChI=1S/C15H26N4OS/c1-9(2)10-6-7-19(8-10)13(20)11-12(16)17-14(21-11)18-15(3,4)5/h9-10H,6-8,16H2,1-5H3,(H,17,18). The number of amides is 1. The summed E-state index contributed by atoms with van der Waals surface area (Å²) in [5.74, 6) is 1.56. The lowest BCUT2D eigenvalue weighted by molar-refractivity contribution is 0.0789. The quantitative estimate of drug-likeness (QED) is 0.900. The summed E-state index contributed by atoms with van der Waals surface area (Å²) >= 11 is 1.35. The van der Waals surface area contributed by atoms with Crippen LogP contribution < -0.4 is 11.1 Å². The summed E-state index contributed by atoms with van der Waals surface area (Å²) in [6.07, 6.45) is 1.08. The lowest BCUT2D eigenvalue weighted by Gasteiger charge is -2.19. The van der Waals surface area contributed by atoms with Crippen molar-refractivity contribution in [3.8, 4) is 0 Å². The Balaban J connectivity index is 2.10. The molecule has 0 aliphatic carbocycles. The first kappa shape index (κ1) is 16.1. The van der Waals surface area contributed by atoms with Gasteiger partial charge in [-0.05, 0) is 39.0 Å². The zero-order valence-electron chi connectivity index (χ0n) is 13.6. The van der Waals surface area contributed by atoms with E-state index in [1.807, 2.05) is 4.90 Å². The molecule has 1 fully saturated rings. The van der Waals surface area contributed by atoms with Gasteiger partial charge in [-0.1, -0.05) is 25.2 Å². The van der Waals surface area contributed by atoms with Crippen molar-refractivity contribution in [2.75, 3.05) is 24.1 Å². The zero-order chi connectivity index (χ0) is 15.8. The maximum atomic E-state index is 12.6. The molecule has 118 valence electrons. The van der Waals surface area contributed by atoms with Gasteiger partial charge in [-0.3, -0.25) is 4.79 Å². The number of thiazole rings is 1. The molecule has 0 spiro atoms. The molecule has 1 aromatic rings. The predicted octanol–water partition coefficient (Wildman–Crippen LogP) is 3.05. The second-order valence-electron chi connectivity index (χ2n) is 7.15. The molecule has 1 atom stereocenters. The highest BCUT2D eigenvalue weighted by atomic mass is 32.1. The first-order valence-corrected chi connectivity index (χ1v) is 8.33. The molecule has 0 aromatic carbocycles. The minimum atomic E-state index is -0.0962. The molecule has 3 N–H and O–H groups in total. The van der Waals surface area contributed by atoms with Crippen LogP contribution in [-0.2, 0) is 0 Å². The van der Waals surface area contributed by atoms with Crippen molar-refractivity contribution < 1.29 is 4.79 Å². The molecule has 2 rings (SSSR count). The van der Waals surface area contributed by atoms with Crippen molar-refractivity contribution in [2.24, 2.45) is 11.8 Å². The van der Waals surface area contributed by atoms with Crippen LogP contribution >= 0.6 is 11.3 Å². The first-order chi connectivity index (χ1) is 9.67. The molecule has 1 aliphatic rings. The van der Waals surface area contributed by atoms with Crippen LogP contribution in [0, 0.1) is 11.8 Å². The number of aromatic nitrogens is 1. The zero-order valence-corrected chi connectivity index (χ0v) is 14.4. The van der Waals surface area contributed by atoms with Gasteiger partial charge >= 0.3 is 0 Å². The Hall–Kier alpha value is -1.30. The van der Waals surface area contributed by atoms with E-state index in [1.54, 1.807) is 0 Å². The van der Waals surface area contributed by atoms with Crippen molar-refractivity contribution in [2.45, 2.75) is 46.6 Å². The van der Waals surface area contributed by atoms with Crippen LogP contribution in [0.4, 0.5) is 10.9 Å². The monoisotopic (exact) mass is 310 g/mol. The lowest BCUT2D eigenvalue weighted by Crippen LogP contribution is -2.29. The summed E-state index contributed by atoms with van der Waals surface area (Å²) in [5.41, 5.74) is 5.84. The summed E-state index contributed by atoms with van der Waals surface area (Å²) in [6, 6.07) is 0. The second-order valence-corrected chi connectivity index (χ2v) is 8.15. The lowest BCUT2D eigenvalue weighted by atomic mass is 9.95. The average molecular weight is 310 g/mol. The number of nitrogen functional groups attached to an aromatic ring is 1. The third kappa shape index (κ3) is 3.87. The summed E-state index contributed by atoms with van der Waals surface area (Å²) in [7, 11) is 0. The summed E-state index contributed by atoms with van der Waals surface area (Å²) < 4.78 is 0. The largest absolute Gasteiger partial charge is 0.382 e. The predicted molar refractivity (Wildman–Crippen MR) is 88.8 cm³/mol. The van der Waals surface area contributed by atoms with Gasteiger partial charge in [0.25, 0.3) is 5.91 Å². The van der Waals surface area contributed by atoms with Gasteiger partial charge in [-0.2, -0.15) is 0 Å². The van der Waals surface area contributed by atoms with E-state index in [0.29, 0.717) is 27.7 Å². The molecule has 1 unspecified atom stereocenters. The molecule has 0 saturated carbocycles. The van der Waals surface area contributed by atoms with Crippen LogP contribution in [0.1, 0.15) is 50.7 Å². The van der Waals surface area contributed by atoms with Crippen molar-refractivity contribution in [3.63, 3.8) is 0 Å². The SMILES string of the molecule is CC(C)C1CCN(C(=O)c2sc(NC(C)(C)C)nc2N)C1. The molecule has 0 radical (unpaired) electrons. The summed E-state index contributed by atoms with van der Waals surface area (Å²) in [6.45, 7) is 12.2. The van der Waals surface area contributed by atoms with Gasteiger partial charge in [0, 0.05) is 18.6 Å². The van der Waals surface area contributed by atoms with Gasteiger partial charge in [-0.15, -0.1) is 0 Å². The van der Waals surface area contributed by atoms with Crippen LogP contribution in [0.2, 0.25) is 0 Å². The van der Waals surface area contributed by atoms with E-state index < -0.39 is 0 Å². The molecule has 5 nitrogen and oxygen atoms in total. The Morgan fingerprint density at radius 2 is 2.14 bits per heavy atom. The van der Waals surface area contributed by atoms with E-state index in [4.69, 9.17) is 5.73 Å². The van der Waals surface area contributed by atoms with Gasteiger partial charge in [-0.25, -0.2) is 4.98 Å². The number of nitrogens with two attached hydrogens (primary N) is 1. The maximum absolute atomic E-state index is 12.6. The number of rotatable bonds is 3. The molecule has 1 amide bonds. The van der Waals surface area contributed by atoms with Crippen LogP contribution in [-0.4, -0.2) is 34.4 Å². The van der Waals surface area contributed by atoms with Gasteiger partial charge in [0.05, 0.1) is 0 Å². The molecule has 0 bridgehead atoms. The Morgan fingerprint density at radius 3 is 2.67 bits per heavy atom. The van der Waals surface area contributed by atoms with Crippen molar-refractivity contribution in [1.82, 2.24) is 9.88 Å². The van der Waals surface area contributed by atoms with Gasteiger partial charge in [0.2, 0.25) is 0 Å². The first-order valence-electron chi connectivity index (χ1n) is 7.51. The third-order valence-corrected chi connectivity index (χ3v) is 4.76. The van der Waals surface area contributed by atoms with E-state index in [0.717, 1.165) is 19.5 Å². The van der Waals surface area contributed by atoms with Gasteiger partial charge in [0.1, 0.15) is 10.7 Å². The smallest absolute Gasteiger partial charge is 0.267 e. The molecule has 1 aromatic heterocycles. The highest BCUT2D eigenvalue weighted by Crippen LogP contribution is 2.31. The van der Waals surface area contributed by atoms with Gasteiger partial charge in [0.15, 0.2) is 5.13 Å². The van der Waals surface area contributed by atoms with E-state index >= 15 is 0 Å². The Morgan fingerprint density at radius 1 is 1.48 bits per heavy atom. The number of carbonyl (C=O) groups is 1. The van der Waals surface area contributed by atoms with Crippen LogP contribution in [0.15, 0.2) is 0 Å². The molecule has 1 saturated heterocycles.